The van der Waals surface area contributed by atoms with E-state index in [4.69, 9.17) is 4.74 Å². The van der Waals surface area contributed by atoms with Gasteiger partial charge in [0.25, 0.3) is 5.56 Å². The fourth-order valence-corrected chi connectivity index (χ4v) is 3.59. The van der Waals surface area contributed by atoms with Gasteiger partial charge in [-0.25, -0.2) is 9.67 Å². The Bertz CT molecular complexity index is 1420. The lowest BCUT2D eigenvalue weighted by atomic mass is 10.1. The zero-order chi connectivity index (χ0) is 23.8. The van der Waals surface area contributed by atoms with Crippen LogP contribution in [0.2, 0.25) is 0 Å². The number of rotatable bonds is 5. The topological polar surface area (TPSA) is 96.6 Å². The van der Waals surface area contributed by atoms with Crippen LogP contribution >= 0.6 is 0 Å². The zero-order valence-electron chi connectivity index (χ0n) is 17.6. The van der Waals surface area contributed by atoms with Crippen LogP contribution in [0.25, 0.3) is 11.0 Å². The second-order valence-electron chi connectivity index (χ2n) is 7.44. The molecule has 0 unspecified atom stereocenters. The summed E-state index contributed by atoms with van der Waals surface area (Å²) >= 11 is 0. The Hall–Kier alpha value is -4.13. The summed E-state index contributed by atoms with van der Waals surface area (Å²) in [5.74, 6) is 1.01. The molecule has 0 spiro atoms. The number of halogens is 3. The second-order valence-corrected chi connectivity index (χ2v) is 7.44. The monoisotopic (exact) mass is 453 g/mol. The van der Waals surface area contributed by atoms with E-state index in [1.165, 1.54) is 16.8 Å². The first-order chi connectivity index (χ1) is 15.7. The Kier molecular flexibility index (Phi) is 5.64. The predicted octanol–water partition coefficient (Wildman–Crippen LogP) is 4.22. The third kappa shape index (κ3) is 4.30. The number of aromatic nitrogens is 4. The number of alkyl halides is 3. The number of nitrogens with zero attached hydrogens (tertiary/aromatic N) is 4. The number of aromatic amines is 1. The third-order valence-corrected chi connectivity index (χ3v) is 5.31. The summed E-state index contributed by atoms with van der Waals surface area (Å²) in [5, 5.41) is 13.7. The predicted molar refractivity (Wildman–Crippen MR) is 114 cm³/mol. The van der Waals surface area contributed by atoms with Gasteiger partial charge in [-0.15, -0.1) is 0 Å². The van der Waals surface area contributed by atoms with Gasteiger partial charge in [-0.1, -0.05) is 24.3 Å². The van der Waals surface area contributed by atoms with Crippen LogP contribution in [-0.4, -0.2) is 26.9 Å². The summed E-state index contributed by atoms with van der Waals surface area (Å²) in [6, 6.07) is 13.3. The summed E-state index contributed by atoms with van der Waals surface area (Å²) < 4.78 is 45.3. The molecule has 0 aliphatic carbocycles. The van der Waals surface area contributed by atoms with Gasteiger partial charge < -0.3 is 9.72 Å². The first-order valence-corrected chi connectivity index (χ1v) is 9.93. The number of hydrogen-bond acceptors (Lipinski definition) is 5. The maximum Gasteiger partial charge on any atom is 0.416 e. The molecule has 10 heteroatoms. The largest absolute Gasteiger partial charge is 0.497 e. The fraction of sp³-hybridized carbons (Fsp3) is 0.217. The standard InChI is InChI=1S/C23H18F3N5O2/c1-13(15-6-8-16(9-7-15)23(24,25)26)31-21-20(18(12-27)30-31)22(32)29-19(28-21)11-14-4-3-5-17(10-14)33-2/h3-10,13H,11H2,1-2H3,(H,28,29,32)/t13-/m0/s1. The molecule has 4 rings (SSSR count). The molecule has 0 amide bonds. The summed E-state index contributed by atoms with van der Waals surface area (Å²) in [7, 11) is 1.55. The lowest BCUT2D eigenvalue weighted by Crippen LogP contribution is -2.15. The molecular formula is C23H18F3N5O2. The molecule has 2 aromatic heterocycles. The van der Waals surface area contributed by atoms with Crippen molar-refractivity contribution in [2.45, 2.75) is 25.6 Å². The van der Waals surface area contributed by atoms with Crippen molar-refractivity contribution in [3.63, 3.8) is 0 Å². The Morgan fingerprint density at radius 2 is 1.94 bits per heavy atom. The molecule has 0 saturated heterocycles. The molecule has 1 N–H and O–H groups in total. The molecule has 0 radical (unpaired) electrons. The van der Waals surface area contributed by atoms with Gasteiger partial charge in [-0.05, 0) is 42.3 Å². The van der Waals surface area contributed by atoms with Crippen molar-refractivity contribution in [3.05, 3.63) is 87.1 Å². The lowest BCUT2D eigenvalue weighted by Gasteiger charge is -2.15. The first-order valence-electron chi connectivity index (χ1n) is 9.93. The van der Waals surface area contributed by atoms with Crippen LogP contribution in [0.1, 0.15) is 41.2 Å². The van der Waals surface area contributed by atoms with Gasteiger partial charge in [-0.2, -0.15) is 23.5 Å². The van der Waals surface area contributed by atoms with E-state index in [9.17, 15) is 23.2 Å². The Labute approximate surface area is 186 Å². The molecule has 7 nitrogen and oxygen atoms in total. The summed E-state index contributed by atoms with van der Waals surface area (Å²) in [6.45, 7) is 1.71. The highest BCUT2D eigenvalue weighted by atomic mass is 19.4. The number of hydrogen-bond donors (Lipinski definition) is 1. The Balaban J connectivity index is 1.78. The van der Waals surface area contributed by atoms with Crippen LogP contribution in [0.5, 0.6) is 5.75 Å². The van der Waals surface area contributed by atoms with E-state index in [1.54, 1.807) is 20.1 Å². The number of methoxy groups -OCH3 is 1. The van der Waals surface area contributed by atoms with Crippen LogP contribution in [0.15, 0.2) is 53.3 Å². The highest BCUT2D eigenvalue weighted by molar-refractivity contribution is 5.80. The van der Waals surface area contributed by atoms with E-state index in [-0.39, 0.29) is 16.7 Å². The number of ether oxygens (including phenoxy) is 1. The molecule has 2 heterocycles. The summed E-state index contributed by atoms with van der Waals surface area (Å²) in [4.78, 5) is 20.0. The Morgan fingerprint density at radius 3 is 2.58 bits per heavy atom. The number of fused-ring (bicyclic) bond motifs is 1. The van der Waals surface area contributed by atoms with Crippen LogP contribution < -0.4 is 10.3 Å². The average molecular weight is 453 g/mol. The van der Waals surface area contributed by atoms with E-state index in [1.807, 2.05) is 24.3 Å². The van der Waals surface area contributed by atoms with Crippen LogP contribution in [0.4, 0.5) is 13.2 Å². The smallest absolute Gasteiger partial charge is 0.416 e. The van der Waals surface area contributed by atoms with Gasteiger partial charge in [0.2, 0.25) is 0 Å². The minimum atomic E-state index is -4.45. The van der Waals surface area contributed by atoms with E-state index >= 15 is 0 Å². The van der Waals surface area contributed by atoms with Gasteiger partial charge >= 0.3 is 6.18 Å². The average Bonchev–Trinajstić information content (AvgIpc) is 3.17. The van der Waals surface area contributed by atoms with Crippen LogP contribution in [0.3, 0.4) is 0 Å². The lowest BCUT2D eigenvalue weighted by molar-refractivity contribution is -0.137. The van der Waals surface area contributed by atoms with Crippen LogP contribution in [0, 0.1) is 11.3 Å². The fourth-order valence-electron chi connectivity index (χ4n) is 3.59. The summed E-state index contributed by atoms with van der Waals surface area (Å²) in [5.41, 5.74) is 0.163. The Morgan fingerprint density at radius 1 is 1.21 bits per heavy atom. The highest BCUT2D eigenvalue weighted by Gasteiger charge is 2.30. The molecule has 0 aliphatic heterocycles. The van der Waals surface area contributed by atoms with Crippen molar-refractivity contribution in [2.75, 3.05) is 7.11 Å². The second kappa shape index (κ2) is 8.43. The molecular weight excluding hydrogens is 435 g/mol. The normalized spacial score (nSPS) is 12.5. The van der Waals surface area contributed by atoms with Gasteiger partial charge in [0.1, 0.15) is 23.0 Å². The number of nitrogens with one attached hydrogen (secondary N) is 1. The van der Waals surface area contributed by atoms with E-state index in [0.29, 0.717) is 23.6 Å². The number of nitriles is 1. The molecule has 4 aromatic rings. The quantitative estimate of drug-likeness (QED) is 0.488. The van der Waals surface area contributed by atoms with E-state index in [0.717, 1.165) is 17.7 Å². The maximum atomic E-state index is 12.9. The zero-order valence-corrected chi connectivity index (χ0v) is 17.6. The minimum Gasteiger partial charge on any atom is -0.497 e. The highest BCUT2D eigenvalue weighted by Crippen LogP contribution is 2.31. The van der Waals surface area contributed by atoms with Gasteiger partial charge in [-0.3, -0.25) is 4.79 Å². The van der Waals surface area contributed by atoms with Crippen molar-refractivity contribution in [2.24, 2.45) is 0 Å². The third-order valence-electron chi connectivity index (χ3n) is 5.31. The molecule has 1 atom stereocenters. The molecule has 33 heavy (non-hydrogen) atoms. The van der Waals surface area contributed by atoms with Crippen molar-refractivity contribution < 1.29 is 17.9 Å². The molecule has 0 fully saturated rings. The summed E-state index contributed by atoms with van der Waals surface area (Å²) in [6.07, 6.45) is -4.15. The SMILES string of the molecule is COc1cccc(Cc2nc3c(c(C#N)nn3[C@@H](C)c3ccc(C(F)(F)F)cc3)c(=O)[nH]2)c1. The van der Waals surface area contributed by atoms with Crippen LogP contribution in [-0.2, 0) is 12.6 Å². The van der Waals surface area contributed by atoms with Crippen molar-refractivity contribution in [1.82, 2.24) is 19.7 Å². The molecule has 0 bridgehead atoms. The molecule has 168 valence electrons. The van der Waals surface area contributed by atoms with Crippen molar-refractivity contribution in [3.8, 4) is 11.8 Å². The minimum absolute atomic E-state index is 0.0330. The van der Waals surface area contributed by atoms with E-state index in [2.05, 4.69) is 15.1 Å². The molecule has 2 aromatic carbocycles. The maximum absolute atomic E-state index is 12.9. The van der Waals surface area contributed by atoms with E-state index < -0.39 is 23.3 Å². The van der Waals surface area contributed by atoms with Gasteiger partial charge in [0.05, 0.1) is 18.7 Å². The number of benzene rings is 2. The first kappa shape index (κ1) is 22.1. The van der Waals surface area contributed by atoms with Crippen molar-refractivity contribution in [1.29, 1.82) is 5.26 Å². The van der Waals surface area contributed by atoms with Gasteiger partial charge in [0.15, 0.2) is 11.3 Å². The van der Waals surface area contributed by atoms with Crippen molar-refractivity contribution >= 4 is 11.0 Å². The van der Waals surface area contributed by atoms with Gasteiger partial charge in [0, 0.05) is 6.42 Å². The molecule has 0 saturated carbocycles. The number of H-pyrrole nitrogens is 1. The molecule has 0 aliphatic rings.